The Kier molecular flexibility index (Phi) is 6.22. The maximum atomic E-state index is 12.7. The average Bonchev–Trinajstić information content (AvgIpc) is 3.08. The molecule has 0 bridgehead atoms. The molecule has 2 N–H and O–H groups in total. The number of carbonyl (C=O) groups excluding carboxylic acids is 3. The van der Waals surface area contributed by atoms with Crippen molar-refractivity contribution < 1.29 is 19.1 Å². The molecular weight excluding hydrogens is 418 g/mol. The molecule has 0 aromatic heterocycles. The molecule has 0 aliphatic carbocycles. The van der Waals surface area contributed by atoms with E-state index in [9.17, 15) is 14.4 Å². The van der Waals surface area contributed by atoms with Gasteiger partial charge in [-0.25, -0.2) is 9.69 Å². The minimum absolute atomic E-state index is 0.122. The highest BCUT2D eigenvalue weighted by molar-refractivity contribution is 6.15. The first-order valence-corrected chi connectivity index (χ1v) is 10.4. The number of imide groups is 1. The third-order valence-corrected chi connectivity index (χ3v) is 5.22. The zero-order chi connectivity index (χ0) is 23.4. The quantitative estimate of drug-likeness (QED) is 0.443. The highest BCUT2D eigenvalue weighted by Crippen LogP contribution is 2.25. The van der Waals surface area contributed by atoms with Gasteiger partial charge in [0.25, 0.3) is 5.91 Å². The van der Waals surface area contributed by atoms with Crippen molar-refractivity contribution >= 4 is 29.6 Å². The van der Waals surface area contributed by atoms with E-state index in [-0.39, 0.29) is 12.2 Å². The SMILES string of the molecule is COc1cccc(-c2ccc(C=C3NC(=O)N(CC(=O)Nc4ccc(C)cc4)C3=O)cc2)c1. The lowest BCUT2D eigenvalue weighted by molar-refractivity contribution is -0.127. The molecular formula is C26H23N3O4. The second-order valence-corrected chi connectivity index (χ2v) is 7.65. The van der Waals surface area contributed by atoms with Gasteiger partial charge in [-0.2, -0.15) is 0 Å². The van der Waals surface area contributed by atoms with Gasteiger partial charge in [-0.15, -0.1) is 0 Å². The van der Waals surface area contributed by atoms with Crippen molar-refractivity contribution in [3.8, 4) is 16.9 Å². The minimum Gasteiger partial charge on any atom is -0.497 e. The van der Waals surface area contributed by atoms with Gasteiger partial charge in [0.15, 0.2) is 0 Å². The first-order valence-electron chi connectivity index (χ1n) is 10.4. The maximum Gasteiger partial charge on any atom is 0.329 e. The Morgan fingerprint density at radius 1 is 1.00 bits per heavy atom. The van der Waals surface area contributed by atoms with Crippen molar-refractivity contribution in [3.63, 3.8) is 0 Å². The van der Waals surface area contributed by atoms with Gasteiger partial charge in [0, 0.05) is 5.69 Å². The summed E-state index contributed by atoms with van der Waals surface area (Å²) in [4.78, 5) is 38.2. The molecule has 166 valence electrons. The minimum atomic E-state index is -0.627. The molecule has 0 saturated carbocycles. The number of urea groups is 1. The number of hydrogen-bond donors (Lipinski definition) is 2. The van der Waals surface area contributed by atoms with Crippen LogP contribution in [0.5, 0.6) is 5.75 Å². The van der Waals surface area contributed by atoms with Gasteiger partial charge in [0.1, 0.15) is 18.0 Å². The summed E-state index contributed by atoms with van der Waals surface area (Å²) >= 11 is 0. The zero-order valence-electron chi connectivity index (χ0n) is 18.3. The molecule has 0 atom stereocenters. The van der Waals surface area contributed by atoms with Crippen molar-refractivity contribution in [2.45, 2.75) is 6.92 Å². The van der Waals surface area contributed by atoms with E-state index in [0.29, 0.717) is 5.69 Å². The van der Waals surface area contributed by atoms with Crippen molar-refractivity contribution in [1.82, 2.24) is 10.2 Å². The van der Waals surface area contributed by atoms with Crippen molar-refractivity contribution in [1.29, 1.82) is 0 Å². The molecule has 7 nitrogen and oxygen atoms in total. The summed E-state index contributed by atoms with van der Waals surface area (Å²) in [6.45, 7) is 1.57. The van der Waals surface area contributed by atoms with Gasteiger partial charge in [-0.1, -0.05) is 54.1 Å². The summed E-state index contributed by atoms with van der Waals surface area (Å²) in [6.07, 6.45) is 1.59. The van der Waals surface area contributed by atoms with Crippen LogP contribution in [0.1, 0.15) is 11.1 Å². The van der Waals surface area contributed by atoms with E-state index in [0.717, 1.165) is 32.9 Å². The summed E-state index contributed by atoms with van der Waals surface area (Å²) in [5.41, 5.74) is 4.53. The van der Waals surface area contributed by atoms with Crippen LogP contribution in [0.3, 0.4) is 0 Å². The Balaban J connectivity index is 1.43. The standard InChI is InChI=1S/C26H23N3O4/c1-17-6-12-21(13-7-17)27-24(30)16-29-25(31)23(28-26(29)32)14-18-8-10-19(11-9-18)20-4-3-5-22(15-20)33-2/h3-15H,16H2,1-2H3,(H,27,30)(H,28,32). The Morgan fingerprint density at radius 2 is 1.73 bits per heavy atom. The molecule has 1 saturated heterocycles. The monoisotopic (exact) mass is 441 g/mol. The predicted molar refractivity (Wildman–Crippen MR) is 126 cm³/mol. The van der Waals surface area contributed by atoms with Crippen LogP contribution in [0.2, 0.25) is 0 Å². The first-order chi connectivity index (χ1) is 15.9. The Morgan fingerprint density at radius 3 is 2.42 bits per heavy atom. The fourth-order valence-corrected chi connectivity index (χ4v) is 3.44. The summed E-state index contributed by atoms with van der Waals surface area (Å²) < 4.78 is 5.27. The molecule has 1 heterocycles. The Hall–Kier alpha value is -4.39. The van der Waals surface area contributed by atoms with Crippen LogP contribution in [0.4, 0.5) is 10.5 Å². The van der Waals surface area contributed by atoms with Crippen LogP contribution in [-0.4, -0.2) is 36.4 Å². The van der Waals surface area contributed by atoms with E-state index in [2.05, 4.69) is 10.6 Å². The molecule has 3 aromatic carbocycles. The Bertz CT molecular complexity index is 1230. The van der Waals surface area contributed by atoms with E-state index in [1.807, 2.05) is 67.6 Å². The highest BCUT2D eigenvalue weighted by atomic mass is 16.5. The molecule has 33 heavy (non-hydrogen) atoms. The van der Waals surface area contributed by atoms with Crippen LogP contribution < -0.4 is 15.4 Å². The molecule has 1 aliphatic rings. The number of carbonyl (C=O) groups is 3. The van der Waals surface area contributed by atoms with Crippen LogP contribution in [0.25, 0.3) is 17.2 Å². The number of amides is 4. The molecule has 1 aliphatic heterocycles. The van der Waals surface area contributed by atoms with Gasteiger partial charge in [0.05, 0.1) is 7.11 Å². The lowest BCUT2D eigenvalue weighted by atomic mass is 10.0. The summed E-state index contributed by atoms with van der Waals surface area (Å²) in [5, 5.41) is 5.23. The molecule has 1 fully saturated rings. The number of hydrogen-bond acceptors (Lipinski definition) is 4. The number of nitrogens with zero attached hydrogens (tertiary/aromatic N) is 1. The number of aryl methyl sites for hydroxylation is 1. The second-order valence-electron chi connectivity index (χ2n) is 7.65. The molecule has 0 unspecified atom stereocenters. The van der Waals surface area contributed by atoms with Gasteiger partial charge >= 0.3 is 6.03 Å². The molecule has 3 aromatic rings. The average molecular weight is 441 g/mol. The highest BCUT2D eigenvalue weighted by Gasteiger charge is 2.34. The number of nitrogens with one attached hydrogen (secondary N) is 2. The second kappa shape index (κ2) is 9.40. The smallest absolute Gasteiger partial charge is 0.329 e. The molecule has 4 amide bonds. The molecule has 7 heteroatoms. The molecule has 0 spiro atoms. The van der Waals surface area contributed by atoms with Crippen molar-refractivity contribution in [2.24, 2.45) is 0 Å². The van der Waals surface area contributed by atoms with E-state index in [1.54, 1.807) is 25.3 Å². The molecule has 0 radical (unpaired) electrons. The van der Waals surface area contributed by atoms with E-state index in [1.165, 1.54) is 0 Å². The van der Waals surface area contributed by atoms with Gasteiger partial charge in [-0.05, 0) is 54.0 Å². The van der Waals surface area contributed by atoms with Gasteiger partial charge in [0.2, 0.25) is 5.91 Å². The lowest BCUT2D eigenvalue weighted by Crippen LogP contribution is -2.38. The van der Waals surface area contributed by atoms with E-state index < -0.39 is 17.8 Å². The van der Waals surface area contributed by atoms with Crippen molar-refractivity contribution in [2.75, 3.05) is 19.0 Å². The lowest BCUT2D eigenvalue weighted by Gasteiger charge is -2.12. The topological polar surface area (TPSA) is 87.7 Å². The number of methoxy groups -OCH3 is 1. The van der Waals surface area contributed by atoms with Gasteiger partial charge in [-0.3, -0.25) is 9.59 Å². The fourth-order valence-electron chi connectivity index (χ4n) is 3.44. The van der Waals surface area contributed by atoms with Crippen LogP contribution >= 0.6 is 0 Å². The third-order valence-electron chi connectivity index (χ3n) is 5.22. The number of rotatable bonds is 6. The predicted octanol–water partition coefficient (Wildman–Crippen LogP) is 4.20. The number of benzene rings is 3. The summed E-state index contributed by atoms with van der Waals surface area (Å²) in [6, 6.07) is 21.9. The first kappa shape index (κ1) is 21.8. The van der Waals surface area contributed by atoms with Gasteiger partial charge < -0.3 is 15.4 Å². The third kappa shape index (κ3) is 5.10. The maximum absolute atomic E-state index is 12.7. The molecule has 4 rings (SSSR count). The summed E-state index contributed by atoms with van der Waals surface area (Å²) in [7, 11) is 1.62. The fraction of sp³-hybridized carbons (Fsp3) is 0.115. The van der Waals surface area contributed by atoms with Crippen LogP contribution in [-0.2, 0) is 9.59 Å². The zero-order valence-corrected chi connectivity index (χ0v) is 18.3. The van der Waals surface area contributed by atoms with Crippen molar-refractivity contribution in [3.05, 3.63) is 89.6 Å². The summed E-state index contributed by atoms with van der Waals surface area (Å²) in [5.74, 6) is -0.230. The Labute approximate surface area is 191 Å². The number of anilines is 1. The van der Waals surface area contributed by atoms with Crippen LogP contribution in [0, 0.1) is 6.92 Å². The van der Waals surface area contributed by atoms with E-state index in [4.69, 9.17) is 4.74 Å². The van der Waals surface area contributed by atoms with Crippen LogP contribution in [0.15, 0.2) is 78.5 Å². The largest absolute Gasteiger partial charge is 0.497 e. The van der Waals surface area contributed by atoms with E-state index >= 15 is 0 Å². The number of ether oxygens (including phenoxy) is 1. The normalized spacial score (nSPS) is 14.4.